The van der Waals surface area contributed by atoms with Crippen molar-refractivity contribution in [3.8, 4) is 0 Å². The number of rotatable bonds is 3. The number of benzene rings is 2. The average molecular weight is 291 g/mol. The van der Waals surface area contributed by atoms with Crippen LogP contribution in [0, 0.1) is 6.92 Å². The lowest BCUT2D eigenvalue weighted by atomic mass is 10.0. The number of carbonyl (C=O) groups excluding carboxylic acids is 1. The Hall–Kier alpha value is -1.57. The van der Waals surface area contributed by atoms with Gasteiger partial charge in [0.05, 0.1) is 0 Å². The number of allylic oxidation sites excluding steroid dienone is 1. The zero-order chi connectivity index (χ0) is 13.8. The summed E-state index contributed by atoms with van der Waals surface area (Å²) in [5.74, 6) is -0.0610. The lowest BCUT2D eigenvalue weighted by Gasteiger charge is -2.02. The first-order valence-electron chi connectivity index (χ1n) is 5.81. The van der Waals surface area contributed by atoms with E-state index in [0.717, 1.165) is 5.56 Å². The maximum Gasteiger partial charge on any atom is 0.186 e. The van der Waals surface area contributed by atoms with Crippen molar-refractivity contribution in [1.29, 1.82) is 0 Å². The van der Waals surface area contributed by atoms with Crippen LogP contribution < -0.4 is 0 Å². The van der Waals surface area contributed by atoms with Crippen molar-refractivity contribution in [3.63, 3.8) is 0 Å². The smallest absolute Gasteiger partial charge is 0.186 e. The van der Waals surface area contributed by atoms with Gasteiger partial charge in [-0.3, -0.25) is 4.79 Å². The van der Waals surface area contributed by atoms with Crippen LogP contribution in [0.4, 0.5) is 0 Å². The summed E-state index contributed by atoms with van der Waals surface area (Å²) in [5, 5.41) is 1.06. The molecule has 0 heterocycles. The van der Waals surface area contributed by atoms with Gasteiger partial charge in [-0.1, -0.05) is 53.5 Å². The normalized spacial score (nSPS) is 10.9. The van der Waals surface area contributed by atoms with Gasteiger partial charge >= 0.3 is 0 Å². The third kappa shape index (κ3) is 3.25. The number of hydrogen-bond acceptors (Lipinski definition) is 1. The van der Waals surface area contributed by atoms with E-state index in [4.69, 9.17) is 23.2 Å². The Bertz CT molecular complexity index is 625. The quantitative estimate of drug-likeness (QED) is 0.561. The van der Waals surface area contributed by atoms with E-state index >= 15 is 0 Å². The zero-order valence-corrected chi connectivity index (χ0v) is 11.9. The third-order valence-electron chi connectivity index (χ3n) is 2.81. The highest BCUT2D eigenvalue weighted by Crippen LogP contribution is 2.25. The van der Waals surface area contributed by atoms with E-state index in [1.807, 2.05) is 25.1 Å². The molecule has 0 bridgehead atoms. The summed E-state index contributed by atoms with van der Waals surface area (Å²) in [7, 11) is 0. The van der Waals surface area contributed by atoms with Gasteiger partial charge < -0.3 is 0 Å². The van der Waals surface area contributed by atoms with Gasteiger partial charge in [-0.05, 0) is 36.8 Å². The SMILES string of the molecule is Cc1ccccc1C(=O)/C=C/c1c(Cl)cccc1Cl. The molecule has 0 radical (unpaired) electrons. The van der Waals surface area contributed by atoms with Gasteiger partial charge in [0.1, 0.15) is 0 Å². The molecule has 0 N–H and O–H groups in total. The van der Waals surface area contributed by atoms with Gasteiger partial charge in [-0.15, -0.1) is 0 Å². The Morgan fingerprint density at radius 2 is 1.63 bits per heavy atom. The molecule has 19 heavy (non-hydrogen) atoms. The molecule has 0 amide bonds. The van der Waals surface area contributed by atoms with Crippen LogP contribution in [0.5, 0.6) is 0 Å². The number of ketones is 1. The van der Waals surface area contributed by atoms with Crippen LogP contribution in [0.2, 0.25) is 10.0 Å². The van der Waals surface area contributed by atoms with E-state index in [9.17, 15) is 4.79 Å². The zero-order valence-electron chi connectivity index (χ0n) is 10.4. The van der Waals surface area contributed by atoms with Gasteiger partial charge in [-0.2, -0.15) is 0 Å². The molecule has 0 fully saturated rings. The summed E-state index contributed by atoms with van der Waals surface area (Å²) >= 11 is 12.1. The molecule has 0 aromatic heterocycles. The Labute approximate surface area is 122 Å². The van der Waals surface area contributed by atoms with Crippen molar-refractivity contribution in [2.45, 2.75) is 6.92 Å². The van der Waals surface area contributed by atoms with E-state index < -0.39 is 0 Å². The number of hydrogen-bond donors (Lipinski definition) is 0. The third-order valence-corrected chi connectivity index (χ3v) is 3.47. The minimum Gasteiger partial charge on any atom is -0.289 e. The second kappa shape index (κ2) is 6.05. The minimum atomic E-state index is -0.0610. The highest BCUT2D eigenvalue weighted by Gasteiger charge is 2.06. The van der Waals surface area contributed by atoms with Crippen molar-refractivity contribution < 1.29 is 4.79 Å². The van der Waals surface area contributed by atoms with Gasteiger partial charge in [0.25, 0.3) is 0 Å². The van der Waals surface area contributed by atoms with Crippen LogP contribution in [0.1, 0.15) is 21.5 Å². The maximum absolute atomic E-state index is 12.1. The standard InChI is InChI=1S/C16H12Cl2O/c1-11-5-2-3-6-12(11)16(19)10-9-13-14(17)7-4-8-15(13)18/h2-10H,1H3/b10-9+. The van der Waals surface area contributed by atoms with Crippen LogP contribution in [0.25, 0.3) is 6.08 Å². The lowest BCUT2D eigenvalue weighted by Crippen LogP contribution is -1.97. The van der Waals surface area contributed by atoms with Gasteiger partial charge in [-0.25, -0.2) is 0 Å². The van der Waals surface area contributed by atoms with Gasteiger partial charge in [0.2, 0.25) is 0 Å². The molecule has 2 aromatic carbocycles. The minimum absolute atomic E-state index is 0.0610. The van der Waals surface area contributed by atoms with E-state index in [2.05, 4.69) is 0 Å². The molecular weight excluding hydrogens is 279 g/mol. The molecule has 0 aliphatic heterocycles. The molecular formula is C16H12Cl2O. The molecule has 1 nitrogen and oxygen atoms in total. The average Bonchev–Trinajstić information content (AvgIpc) is 2.38. The summed E-state index contributed by atoms with van der Waals surface area (Å²) in [6.45, 7) is 1.91. The van der Waals surface area contributed by atoms with E-state index in [-0.39, 0.29) is 5.78 Å². The summed E-state index contributed by atoms with van der Waals surface area (Å²) in [6.07, 6.45) is 3.15. The first kappa shape index (κ1) is 13.9. The summed E-state index contributed by atoms with van der Waals surface area (Å²) in [4.78, 5) is 12.1. The molecule has 2 rings (SSSR count). The Balaban J connectivity index is 2.29. The fourth-order valence-electron chi connectivity index (χ4n) is 1.77. The molecule has 0 saturated carbocycles. The summed E-state index contributed by atoms with van der Waals surface area (Å²) in [6, 6.07) is 12.7. The van der Waals surface area contributed by atoms with Crippen molar-refractivity contribution in [2.24, 2.45) is 0 Å². The van der Waals surface area contributed by atoms with Crippen molar-refractivity contribution in [3.05, 3.63) is 75.3 Å². The molecule has 96 valence electrons. The van der Waals surface area contributed by atoms with Crippen LogP contribution in [0.15, 0.2) is 48.5 Å². The molecule has 2 aromatic rings. The topological polar surface area (TPSA) is 17.1 Å². The highest BCUT2D eigenvalue weighted by atomic mass is 35.5. The summed E-state index contributed by atoms with van der Waals surface area (Å²) in [5.41, 5.74) is 2.29. The predicted molar refractivity (Wildman–Crippen MR) is 81.0 cm³/mol. The van der Waals surface area contributed by atoms with Crippen molar-refractivity contribution >= 4 is 35.1 Å². The molecule has 0 aliphatic carbocycles. The largest absolute Gasteiger partial charge is 0.289 e. The maximum atomic E-state index is 12.1. The molecule has 0 unspecified atom stereocenters. The van der Waals surface area contributed by atoms with Crippen LogP contribution in [-0.2, 0) is 0 Å². The van der Waals surface area contributed by atoms with Gasteiger partial charge in [0.15, 0.2) is 5.78 Å². The van der Waals surface area contributed by atoms with E-state index in [0.29, 0.717) is 21.2 Å². The van der Waals surface area contributed by atoms with Crippen LogP contribution >= 0.6 is 23.2 Å². The summed E-state index contributed by atoms with van der Waals surface area (Å²) < 4.78 is 0. The number of carbonyl (C=O) groups is 1. The molecule has 0 spiro atoms. The molecule has 0 aliphatic rings. The fourth-order valence-corrected chi connectivity index (χ4v) is 2.29. The first-order valence-corrected chi connectivity index (χ1v) is 6.57. The van der Waals surface area contributed by atoms with Crippen molar-refractivity contribution in [1.82, 2.24) is 0 Å². The fraction of sp³-hybridized carbons (Fsp3) is 0.0625. The number of aryl methyl sites for hydroxylation is 1. The molecule has 3 heteroatoms. The van der Waals surface area contributed by atoms with E-state index in [1.165, 1.54) is 6.08 Å². The second-order valence-corrected chi connectivity index (χ2v) is 4.96. The molecule has 0 atom stereocenters. The predicted octanol–water partition coefficient (Wildman–Crippen LogP) is 5.20. The lowest BCUT2D eigenvalue weighted by molar-refractivity contribution is 0.104. The Morgan fingerprint density at radius 3 is 2.26 bits per heavy atom. The second-order valence-electron chi connectivity index (χ2n) is 4.15. The van der Waals surface area contributed by atoms with Gasteiger partial charge in [0, 0.05) is 21.2 Å². The van der Waals surface area contributed by atoms with E-state index in [1.54, 1.807) is 30.3 Å². The van der Waals surface area contributed by atoms with Crippen molar-refractivity contribution in [2.75, 3.05) is 0 Å². The van der Waals surface area contributed by atoms with Crippen LogP contribution in [0.3, 0.4) is 0 Å². The Morgan fingerprint density at radius 1 is 1.00 bits per heavy atom. The highest BCUT2D eigenvalue weighted by molar-refractivity contribution is 6.37. The first-order chi connectivity index (χ1) is 9.09. The molecule has 0 saturated heterocycles. The monoisotopic (exact) mass is 290 g/mol. The number of halogens is 2. The Kier molecular flexibility index (Phi) is 4.41. The van der Waals surface area contributed by atoms with Crippen LogP contribution in [-0.4, -0.2) is 5.78 Å².